The van der Waals surface area contributed by atoms with Gasteiger partial charge in [0.2, 0.25) is 29.5 Å². The van der Waals surface area contributed by atoms with Gasteiger partial charge in [0.05, 0.1) is 18.8 Å². The average Bonchev–Trinajstić information content (AvgIpc) is 2.92. The summed E-state index contributed by atoms with van der Waals surface area (Å²) < 4.78 is 0. The Bertz CT molecular complexity index is 1000. The second-order valence-corrected chi connectivity index (χ2v) is 10.2. The maximum absolute atomic E-state index is 13.4. The minimum atomic E-state index is -1.62. The Balaban J connectivity index is 5.87. The molecule has 0 saturated heterocycles. The van der Waals surface area contributed by atoms with Gasteiger partial charge >= 0.3 is 5.97 Å². The van der Waals surface area contributed by atoms with Crippen molar-refractivity contribution in [3.8, 4) is 0 Å². The Labute approximate surface area is 250 Å². The van der Waals surface area contributed by atoms with E-state index in [9.17, 15) is 44.1 Å². The summed E-state index contributed by atoms with van der Waals surface area (Å²) in [7, 11) is 0. The number of carbonyl (C=O) groups excluding carboxylic acids is 5. The molecule has 8 atom stereocenters. The molecule has 43 heavy (non-hydrogen) atoms. The number of aliphatic imine (C=N–C) groups is 1. The smallest absolute Gasteiger partial charge is 0.328 e. The fourth-order valence-corrected chi connectivity index (χ4v) is 3.53. The number of carboxylic acids is 1. The van der Waals surface area contributed by atoms with E-state index in [-0.39, 0.29) is 25.3 Å². The van der Waals surface area contributed by atoms with E-state index in [0.29, 0.717) is 6.42 Å². The molecular formula is C25H47N9O9. The van der Waals surface area contributed by atoms with Crippen molar-refractivity contribution in [3.63, 3.8) is 0 Å². The van der Waals surface area contributed by atoms with E-state index in [2.05, 4.69) is 31.6 Å². The SMILES string of the molecule is CC[C@H](C)[C@H](NC(=O)[C@H](CO)NC(=O)[C@H](C)N)C(=O)N[C@@H](CCCN=C(N)N)C(=O)N[C@@H](C)C(=O)N[C@H](C(=O)O)[C@@H](C)O. The van der Waals surface area contributed by atoms with E-state index < -0.39 is 90.4 Å². The number of rotatable bonds is 19. The van der Waals surface area contributed by atoms with Crippen LogP contribution in [0, 0.1) is 5.92 Å². The van der Waals surface area contributed by atoms with Gasteiger partial charge in [0.15, 0.2) is 12.0 Å². The van der Waals surface area contributed by atoms with Crippen molar-refractivity contribution in [3.05, 3.63) is 0 Å². The number of aliphatic carboxylic acids is 1. The van der Waals surface area contributed by atoms with Crippen LogP contribution in [-0.4, -0.2) is 112 Å². The third-order valence-electron chi connectivity index (χ3n) is 6.40. The van der Waals surface area contributed by atoms with Gasteiger partial charge in [-0.2, -0.15) is 0 Å². The Kier molecular flexibility index (Phi) is 17.4. The van der Waals surface area contributed by atoms with E-state index >= 15 is 0 Å². The number of nitrogens with zero attached hydrogens (tertiary/aromatic N) is 1. The molecule has 14 N–H and O–H groups in total. The lowest BCUT2D eigenvalue weighted by molar-refractivity contribution is -0.145. The van der Waals surface area contributed by atoms with Gasteiger partial charge in [-0.1, -0.05) is 20.3 Å². The molecule has 0 fully saturated rings. The van der Waals surface area contributed by atoms with Crippen LogP contribution in [0.4, 0.5) is 0 Å². The Morgan fingerprint density at radius 2 is 1.30 bits per heavy atom. The van der Waals surface area contributed by atoms with Crippen LogP contribution in [0.3, 0.4) is 0 Å². The van der Waals surface area contributed by atoms with Crippen LogP contribution in [0.2, 0.25) is 0 Å². The van der Waals surface area contributed by atoms with Crippen molar-refractivity contribution in [1.82, 2.24) is 26.6 Å². The van der Waals surface area contributed by atoms with Gasteiger partial charge < -0.3 is 59.1 Å². The number of hydrogen-bond acceptors (Lipinski definition) is 10. The van der Waals surface area contributed by atoms with Crippen LogP contribution in [0.1, 0.15) is 53.9 Å². The Hall–Kier alpha value is -4.03. The van der Waals surface area contributed by atoms with Gasteiger partial charge in [-0.25, -0.2) is 4.79 Å². The number of nitrogens with two attached hydrogens (primary N) is 3. The van der Waals surface area contributed by atoms with Crippen LogP contribution in [-0.2, 0) is 28.8 Å². The molecule has 246 valence electrons. The lowest BCUT2D eigenvalue weighted by Gasteiger charge is -2.28. The number of amides is 5. The fraction of sp³-hybridized carbons (Fsp3) is 0.720. The van der Waals surface area contributed by atoms with Gasteiger partial charge in [0.25, 0.3) is 0 Å². The lowest BCUT2D eigenvalue weighted by atomic mass is 9.97. The number of carbonyl (C=O) groups is 6. The number of aliphatic hydroxyl groups is 2. The molecule has 0 unspecified atom stereocenters. The molecular weight excluding hydrogens is 570 g/mol. The molecule has 0 aromatic rings. The molecule has 18 heteroatoms. The predicted octanol–water partition coefficient (Wildman–Crippen LogP) is -4.67. The summed E-state index contributed by atoms with van der Waals surface area (Å²) in [5.74, 6) is -6.16. The molecule has 0 radical (unpaired) electrons. The molecule has 0 aromatic carbocycles. The molecule has 0 aromatic heterocycles. The van der Waals surface area contributed by atoms with E-state index in [1.165, 1.54) is 20.8 Å². The summed E-state index contributed by atoms with van der Waals surface area (Å²) in [4.78, 5) is 78.9. The zero-order valence-electron chi connectivity index (χ0n) is 25.1. The van der Waals surface area contributed by atoms with Crippen LogP contribution in [0.5, 0.6) is 0 Å². The number of aliphatic hydroxyl groups excluding tert-OH is 2. The zero-order valence-corrected chi connectivity index (χ0v) is 25.1. The van der Waals surface area contributed by atoms with E-state index in [1.807, 2.05) is 0 Å². The highest BCUT2D eigenvalue weighted by Gasteiger charge is 2.33. The molecule has 0 bridgehead atoms. The Morgan fingerprint density at radius 3 is 1.77 bits per heavy atom. The summed E-state index contributed by atoms with van der Waals surface area (Å²) in [5.41, 5.74) is 16.2. The molecule has 0 aliphatic rings. The highest BCUT2D eigenvalue weighted by molar-refractivity contribution is 5.96. The minimum absolute atomic E-state index is 0.000992. The molecule has 0 aliphatic carbocycles. The molecule has 0 rings (SSSR count). The predicted molar refractivity (Wildman–Crippen MR) is 155 cm³/mol. The van der Waals surface area contributed by atoms with Crippen LogP contribution in [0.25, 0.3) is 0 Å². The summed E-state index contributed by atoms with van der Waals surface area (Å²) >= 11 is 0. The van der Waals surface area contributed by atoms with Gasteiger partial charge in [-0.15, -0.1) is 0 Å². The highest BCUT2D eigenvalue weighted by Crippen LogP contribution is 2.10. The van der Waals surface area contributed by atoms with Crippen molar-refractivity contribution in [1.29, 1.82) is 0 Å². The molecule has 0 aliphatic heterocycles. The maximum atomic E-state index is 13.4. The molecule has 5 amide bonds. The van der Waals surface area contributed by atoms with Crippen LogP contribution in [0.15, 0.2) is 4.99 Å². The van der Waals surface area contributed by atoms with Gasteiger partial charge in [0.1, 0.15) is 24.2 Å². The molecule has 0 saturated carbocycles. The maximum Gasteiger partial charge on any atom is 0.328 e. The van der Waals surface area contributed by atoms with E-state index in [4.69, 9.17) is 17.2 Å². The van der Waals surface area contributed by atoms with Gasteiger partial charge in [-0.3, -0.25) is 29.0 Å². The number of carboxylic acid groups (broad SMARTS) is 1. The van der Waals surface area contributed by atoms with Crippen LogP contribution < -0.4 is 43.8 Å². The summed E-state index contributed by atoms with van der Waals surface area (Å²) in [6, 6.07) is -7.70. The zero-order chi connectivity index (χ0) is 33.4. The summed E-state index contributed by atoms with van der Waals surface area (Å²) in [5, 5.41) is 40.3. The quantitative estimate of drug-likeness (QED) is 0.0370. The normalized spacial score (nSPS) is 16.5. The number of guanidine groups is 1. The first-order valence-electron chi connectivity index (χ1n) is 13.8. The van der Waals surface area contributed by atoms with Gasteiger partial charge in [0, 0.05) is 6.54 Å². The Morgan fingerprint density at radius 1 is 0.767 bits per heavy atom. The second-order valence-electron chi connectivity index (χ2n) is 10.2. The largest absolute Gasteiger partial charge is 0.480 e. The van der Waals surface area contributed by atoms with Crippen molar-refractivity contribution < 1.29 is 44.1 Å². The van der Waals surface area contributed by atoms with Gasteiger partial charge in [-0.05, 0) is 39.5 Å². The third-order valence-corrected chi connectivity index (χ3v) is 6.40. The minimum Gasteiger partial charge on any atom is -0.480 e. The third kappa shape index (κ3) is 14.1. The molecule has 0 spiro atoms. The number of nitrogens with one attached hydrogen (secondary N) is 5. The summed E-state index contributed by atoms with van der Waals surface area (Å²) in [6.07, 6.45) is -0.784. The highest BCUT2D eigenvalue weighted by atomic mass is 16.4. The van der Waals surface area contributed by atoms with Crippen molar-refractivity contribution in [2.75, 3.05) is 13.2 Å². The van der Waals surface area contributed by atoms with E-state index in [0.717, 1.165) is 0 Å². The van der Waals surface area contributed by atoms with Crippen molar-refractivity contribution in [2.24, 2.45) is 28.1 Å². The van der Waals surface area contributed by atoms with Crippen molar-refractivity contribution in [2.45, 2.75) is 96.2 Å². The van der Waals surface area contributed by atoms with Crippen molar-refractivity contribution >= 4 is 41.5 Å². The first-order chi connectivity index (χ1) is 20.0. The monoisotopic (exact) mass is 617 g/mol. The molecule has 18 nitrogen and oxygen atoms in total. The van der Waals surface area contributed by atoms with E-state index in [1.54, 1.807) is 13.8 Å². The topological polar surface area (TPSA) is 314 Å². The first-order valence-corrected chi connectivity index (χ1v) is 13.8. The fourth-order valence-electron chi connectivity index (χ4n) is 3.53. The average molecular weight is 618 g/mol. The van der Waals surface area contributed by atoms with Crippen LogP contribution >= 0.6 is 0 Å². The number of hydrogen-bond donors (Lipinski definition) is 11. The summed E-state index contributed by atoms with van der Waals surface area (Å²) in [6.45, 7) is 6.60. The molecule has 0 heterocycles. The standard InChI is InChI=1S/C25H47N9O9/c1-6-11(2)17(33-22(40)16(10-35)32-19(37)12(3)26)23(41)31-15(8-7-9-29-25(27)28)21(39)30-13(4)20(38)34-18(14(5)36)24(42)43/h11-18,35-36H,6-10,26H2,1-5H3,(H,30,39)(H,31,41)(H,32,37)(H,33,40)(H,34,38)(H,42,43)(H4,27,28,29)/t11-,12-,13-,14+,15-,16-,17-,18-/m0/s1. The first kappa shape index (κ1) is 39.0. The lowest BCUT2D eigenvalue weighted by Crippen LogP contribution is -2.60. The second kappa shape index (κ2) is 19.2.